The molecule has 116 valence electrons. The highest BCUT2D eigenvalue weighted by molar-refractivity contribution is 5.95. The number of carbonyl (C=O) groups is 1. The van der Waals surface area contributed by atoms with Gasteiger partial charge < -0.3 is 15.4 Å². The second kappa shape index (κ2) is 6.94. The Balaban J connectivity index is 2.02. The summed E-state index contributed by atoms with van der Waals surface area (Å²) < 4.78 is 5.70. The predicted octanol–water partition coefficient (Wildman–Crippen LogP) is 3.05. The molecule has 1 fully saturated rings. The fourth-order valence-electron chi connectivity index (χ4n) is 2.59. The van der Waals surface area contributed by atoms with E-state index < -0.39 is 0 Å². The molecule has 2 rings (SSSR count). The number of nitrogens with one attached hydrogen (secondary N) is 2. The first-order valence-electron chi connectivity index (χ1n) is 7.81. The third kappa shape index (κ3) is 3.97. The molecule has 1 aromatic carbocycles. The van der Waals surface area contributed by atoms with E-state index >= 15 is 0 Å². The van der Waals surface area contributed by atoms with Crippen molar-refractivity contribution < 1.29 is 9.53 Å². The molecular formula is C17H26N2O2. The van der Waals surface area contributed by atoms with Crippen molar-refractivity contribution in [2.75, 3.05) is 25.0 Å². The Bertz CT molecular complexity index is 479. The van der Waals surface area contributed by atoms with Gasteiger partial charge in [0.1, 0.15) is 5.75 Å². The van der Waals surface area contributed by atoms with E-state index in [2.05, 4.69) is 31.4 Å². The van der Waals surface area contributed by atoms with Crippen LogP contribution in [0.3, 0.4) is 0 Å². The molecule has 1 aliphatic heterocycles. The van der Waals surface area contributed by atoms with Crippen molar-refractivity contribution >= 4 is 11.6 Å². The van der Waals surface area contributed by atoms with Gasteiger partial charge in [-0.15, -0.1) is 0 Å². The third-order valence-corrected chi connectivity index (χ3v) is 4.08. The first kappa shape index (κ1) is 15.8. The van der Waals surface area contributed by atoms with E-state index in [9.17, 15) is 4.79 Å². The Morgan fingerprint density at radius 1 is 1.48 bits per heavy atom. The van der Waals surface area contributed by atoms with Crippen molar-refractivity contribution in [2.45, 2.75) is 33.6 Å². The summed E-state index contributed by atoms with van der Waals surface area (Å²) in [4.78, 5) is 12.6. The number of hydrogen-bond acceptors (Lipinski definition) is 3. The van der Waals surface area contributed by atoms with Crippen LogP contribution in [0.25, 0.3) is 0 Å². The molecule has 1 heterocycles. The zero-order valence-electron chi connectivity index (χ0n) is 13.2. The number of anilines is 1. The minimum absolute atomic E-state index is 0.107. The van der Waals surface area contributed by atoms with Crippen molar-refractivity contribution in [3.05, 3.63) is 24.3 Å². The van der Waals surface area contributed by atoms with Crippen LogP contribution in [0.2, 0.25) is 0 Å². The molecule has 0 spiro atoms. The highest BCUT2D eigenvalue weighted by atomic mass is 16.5. The molecule has 2 N–H and O–H groups in total. The highest BCUT2D eigenvalue weighted by Crippen LogP contribution is 2.31. The second-order valence-corrected chi connectivity index (χ2v) is 6.25. The molecule has 0 aliphatic carbocycles. The lowest BCUT2D eigenvalue weighted by atomic mass is 9.83. The quantitative estimate of drug-likeness (QED) is 0.846. The molecule has 4 nitrogen and oxygen atoms in total. The Morgan fingerprint density at radius 3 is 2.90 bits per heavy atom. The summed E-state index contributed by atoms with van der Waals surface area (Å²) in [5.74, 6) is 1.39. The largest absolute Gasteiger partial charge is 0.493 e. The number of amides is 1. The van der Waals surface area contributed by atoms with Gasteiger partial charge in [-0.2, -0.15) is 0 Å². The van der Waals surface area contributed by atoms with E-state index in [0.29, 0.717) is 12.5 Å². The van der Waals surface area contributed by atoms with Gasteiger partial charge >= 0.3 is 0 Å². The molecule has 1 aliphatic rings. The third-order valence-electron chi connectivity index (χ3n) is 4.08. The molecule has 0 radical (unpaired) electrons. The Morgan fingerprint density at radius 2 is 2.29 bits per heavy atom. The zero-order chi connectivity index (χ0) is 15.3. The predicted molar refractivity (Wildman–Crippen MR) is 85.6 cm³/mol. The van der Waals surface area contributed by atoms with Gasteiger partial charge in [-0.1, -0.05) is 26.8 Å². The van der Waals surface area contributed by atoms with Crippen LogP contribution in [0.1, 0.15) is 33.6 Å². The minimum Gasteiger partial charge on any atom is -0.493 e. The number of ether oxygens (including phenoxy) is 1. The van der Waals surface area contributed by atoms with Crippen molar-refractivity contribution in [1.82, 2.24) is 5.32 Å². The van der Waals surface area contributed by atoms with Crippen molar-refractivity contribution in [3.63, 3.8) is 0 Å². The van der Waals surface area contributed by atoms with E-state index in [-0.39, 0.29) is 11.3 Å². The van der Waals surface area contributed by atoms with Crippen molar-refractivity contribution in [3.8, 4) is 5.75 Å². The van der Waals surface area contributed by atoms with Crippen LogP contribution in [0.15, 0.2) is 24.3 Å². The van der Waals surface area contributed by atoms with Gasteiger partial charge in [0.2, 0.25) is 5.91 Å². The Labute approximate surface area is 127 Å². The normalized spacial score (nSPS) is 21.5. The van der Waals surface area contributed by atoms with Crippen LogP contribution in [0.5, 0.6) is 5.75 Å². The van der Waals surface area contributed by atoms with Crippen LogP contribution in [0.4, 0.5) is 5.69 Å². The minimum atomic E-state index is -0.269. The fourth-order valence-corrected chi connectivity index (χ4v) is 2.59. The lowest BCUT2D eigenvalue weighted by molar-refractivity contribution is -0.124. The van der Waals surface area contributed by atoms with Gasteiger partial charge in [0, 0.05) is 18.3 Å². The van der Waals surface area contributed by atoms with Crippen LogP contribution in [-0.4, -0.2) is 25.6 Å². The van der Waals surface area contributed by atoms with Crippen LogP contribution >= 0.6 is 0 Å². The van der Waals surface area contributed by atoms with Gasteiger partial charge in [-0.3, -0.25) is 4.79 Å². The second-order valence-electron chi connectivity index (χ2n) is 6.25. The lowest BCUT2D eigenvalue weighted by Crippen LogP contribution is -2.37. The van der Waals surface area contributed by atoms with Gasteiger partial charge in [0.25, 0.3) is 0 Å². The van der Waals surface area contributed by atoms with Gasteiger partial charge in [-0.05, 0) is 37.4 Å². The lowest BCUT2D eigenvalue weighted by Gasteiger charge is -2.25. The summed E-state index contributed by atoms with van der Waals surface area (Å²) in [6.45, 7) is 8.67. The van der Waals surface area contributed by atoms with Gasteiger partial charge in [0.05, 0.1) is 12.0 Å². The summed E-state index contributed by atoms with van der Waals surface area (Å²) in [6.07, 6.45) is 1.76. The number of benzene rings is 1. The first-order valence-corrected chi connectivity index (χ1v) is 7.81. The summed E-state index contributed by atoms with van der Waals surface area (Å²) in [5.41, 5.74) is 0.537. The monoisotopic (exact) mass is 290 g/mol. The molecule has 1 unspecified atom stereocenters. The molecule has 1 amide bonds. The van der Waals surface area contributed by atoms with Gasteiger partial charge in [-0.25, -0.2) is 0 Å². The van der Waals surface area contributed by atoms with Crippen LogP contribution in [0, 0.1) is 11.3 Å². The Hall–Kier alpha value is -1.55. The molecule has 0 aromatic heterocycles. The SMILES string of the molecule is CCC1(C(=O)Nc2cccc(OCC(C)C)c2)CCNC1. The average molecular weight is 290 g/mol. The summed E-state index contributed by atoms with van der Waals surface area (Å²) in [5, 5.41) is 6.33. The molecule has 21 heavy (non-hydrogen) atoms. The maximum absolute atomic E-state index is 12.6. The molecule has 0 saturated carbocycles. The van der Waals surface area contributed by atoms with Crippen molar-refractivity contribution in [2.24, 2.45) is 11.3 Å². The summed E-state index contributed by atoms with van der Waals surface area (Å²) in [7, 11) is 0. The summed E-state index contributed by atoms with van der Waals surface area (Å²) in [6, 6.07) is 7.64. The smallest absolute Gasteiger partial charge is 0.231 e. The van der Waals surface area contributed by atoms with E-state index in [4.69, 9.17) is 4.74 Å². The maximum Gasteiger partial charge on any atom is 0.231 e. The number of hydrogen-bond donors (Lipinski definition) is 2. The first-order chi connectivity index (χ1) is 10.1. The van der Waals surface area contributed by atoms with Gasteiger partial charge in [0.15, 0.2) is 0 Å². The van der Waals surface area contributed by atoms with E-state index in [1.807, 2.05) is 24.3 Å². The molecule has 4 heteroatoms. The molecular weight excluding hydrogens is 264 g/mol. The van der Waals surface area contributed by atoms with E-state index in [1.165, 1.54) is 0 Å². The topological polar surface area (TPSA) is 50.4 Å². The fraction of sp³-hybridized carbons (Fsp3) is 0.588. The maximum atomic E-state index is 12.6. The summed E-state index contributed by atoms with van der Waals surface area (Å²) >= 11 is 0. The standard InChI is InChI=1S/C17H26N2O2/c1-4-17(8-9-18-12-17)16(20)19-14-6-5-7-15(10-14)21-11-13(2)3/h5-7,10,13,18H,4,8-9,11-12H2,1-3H3,(H,19,20). The Kier molecular flexibility index (Phi) is 5.23. The highest BCUT2D eigenvalue weighted by Gasteiger charge is 2.39. The van der Waals surface area contributed by atoms with Crippen LogP contribution < -0.4 is 15.4 Å². The molecule has 0 bridgehead atoms. The average Bonchev–Trinajstić information content (AvgIpc) is 2.96. The van der Waals surface area contributed by atoms with Crippen LogP contribution in [-0.2, 0) is 4.79 Å². The van der Waals surface area contributed by atoms with E-state index in [1.54, 1.807) is 0 Å². The van der Waals surface area contributed by atoms with Crippen molar-refractivity contribution in [1.29, 1.82) is 0 Å². The zero-order valence-corrected chi connectivity index (χ0v) is 13.2. The molecule has 1 atom stereocenters. The molecule has 1 aromatic rings. The number of carbonyl (C=O) groups excluding carboxylic acids is 1. The molecule has 1 saturated heterocycles. The van der Waals surface area contributed by atoms with E-state index in [0.717, 1.165) is 37.4 Å². The number of rotatable bonds is 6.